The summed E-state index contributed by atoms with van der Waals surface area (Å²) in [5.41, 5.74) is 0.658. The number of hydrogen-bond acceptors (Lipinski definition) is 7. The first-order chi connectivity index (χ1) is 11.5. The van der Waals surface area contributed by atoms with Crippen LogP contribution in [0.15, 0.2) is 51.5 Å². The lowest BCUT2D eigenvalue weighted by atomic mass is 10.2. The second-order valence-corrected chi connectivity index (χ2v) is 5.42. The maximum Gasteiger partial charge on any atom is 0.269 e. The monoisotopic (exact) mass is 328 g/mol. The number of furan rings is 1. The van der Waals surface area contributed by atoms with E-state index in [0.29, 0.717) is 23.9 Å². The first-order valence-corrected chi connectivity index (χ1v) is 7.35. The highest BCUT2D eigenvalue weighted by Crippen LogP contribution is 2.25. The minimum atomic E-state index is -0.450. The summed E-state index contributed by atoms with van der Waals surface area (Å²) in [6.45, 7) is 2.57. The Hall–Kier alpha value is -3.00. The quantitative estimate of drug-likeness (QED) is 0.505. The van der Waals surface area contributed by atoms with Crippen LogP contribution in [0.2, 0.25) is 0 Å². The van der Waals surface area contributed by atoms with Crippen molar-refractivity contribution in [3.8, 4) is 11.5 Å². The summed E-state index contributed by atoms with van der Waals surface area (Å²) in [6.07, 6.45) is 1.63. The average molecular weight is 328 g/mol. The third kappa shape index (κ3) is 3.33. The van der Waals surface area contributed by atoms with Crippen molar-refractivity contribution >= 4 is 5.69 Å². The zero-order valence-corrected chi connectivity index (χ0v) is 13.2. The van der Waals surface area contributed by atoms with Gasteiger partial charge in [0.05, 0.1) is 23.8 Å². The summed E-state index contributed by atoms with van der Waals surface area (Å²) in [7, 11) is 1.93. The normalized spacial score (nSPS) is 12.5. The van der Waals surface area contributed by atoms with Crippen LogP contribution in [0.25, 0.3) is 11.5 Å². The van der Waals surface area contributed by atoms with Crippen molar-refractivity contribution < 1.29 is 13.8 Å². The third-order valence-corrected chi connectivity index (χ3v) is 3.77. The predicted molar refractivity (Wildman–Crippen MR) is 85.0 cm³/mol. The van der Waals surface area contributed by atoms with E-state index in [1.54, 1.807) is 18.4 Å². The van der Waals surface area contributed by atoms with Gasteiger partial charge in [0.15, 0.2) is 0 Å². The van der Waals surface area contributed by atoms with Gasteiger partial charge >= 0.3 is 0 Å². The van der Waals surface area contributed by atoms with E-state index >= 15 is 0 Å². The Kier molecular flexibility index (Phi) is 4.39. The minimum absolute atomic E-state index is 0.0186. The summed E-state index contributed by atoms with van der Waals surface area (Å²) < 4.78 is 11.0. The number of non-ortho nitro benzene ring substituents is 1. The molecular formula is C16H16N4O4. The van der Waals surface area contributed by atoms with Gasteiger partial charge in [-0.05, 0) is 38.2 Å². The van der Waals surface area contributed by atoms with Crippen molar-refractivity contribution in [2.45, 2.75) is 19.5 Å². The number of hydrogen-bond donors (Lipinski definition) is 0. The van der Waals surface area contributed by atoms with E-state index in [9.17, 15) is 10.1 Å². The van der Waals surface area contributed by atoms with Crippen molar-refractivity contribution in [3.05, 3.63) is 64.4 Å². The van der Waals surface area contributed by atoms with Crippen molar-refractivity contribution in [2.75, 3.05) is 7.05 Å². The number of nitrogens with zero attached hydrogens (tertiary/aromatic N) is 4. The maximum atomic E-state index is 10.7. The van der Waals surface area contributed by atoms with Crippen molar-refractivity contribution in [2.24, 2.45) is 0 Å². The molecular weight excluding hydrogens is 312 g/mol. The molecule has 124 valence electrons. The molecule has 0 saturated carbocycles. The summed E-state index contributed by atoms with van der Waals surface area (Å²) in [5, 5.41) is 18.8. The molecule has 2 aromatic heterocycles. The number of aromatic nitrogens is 2. The van der Waals surface area contributed by atoms with Crippen LogP contribution in [-0.4, -0.2) is 27.1 Å². The second-order valence-electron chi connectivity index (χ2n) is 5.42. The Morgan fingerprint density at radius 3 is 2.62 bits per heavy atom. The molecule has 3 aromatic rings. The van der Waals surface area contributed by atoms with Gasteiger partial charge in [0.25, 0.3) is 5.69 Å². The van der Waals surface area contributed by atoms with Crippen molar-refractivity contribution in [3.63, 3.8) is 0 Å². The van der Waals surface area contributed by atoms with Gasteiger partial charge < -0.3 is 8.83 Å². The molecule has 2 heterocycles. The number of benzene rings is 1. The number of nitro groups is 1. The smallest absolute Gasteiger partial charge is 0.269 e. The van der Waals surface area contributed by atoms with Gasteiger partial charge in [0.2, 0.25) is 11.8 Å². The lowest BCUT2D eigenvalue weighted by Gasteiger charge is -2.20. The van der Waals surface area contributed by atoms with E-state index in [1.165, 1.54) is 12.1 Å². The molecule has 3 rings (SSSR count). The highest BCUT2D eigenvalue weighted by Gasteiger charge is 2.20. The molecule has 1 aromatic carbocycles. The first-order valence-electron chi connectivity index (χ1n) is 7.35. The van der Waals surface area contributed by atoms with Crippen LogP contribution in [0, 0.1) is 10.1 Å². The Balaban J connectivity index is 1.73. The molecule has 1 atom stereocenters. The Morgan fingerprint density at radius 2 is 2.00 bits per heavy atom. The molecule has 24 heavy (non-hydrogen) atoms. The van der Waals surface area contributed by atoms with Crippen LogP contribution in [0.3, 0.4) is 0 Å². The predicted octanol–water partition coefficient (Wildman–Crippen LogP) is 3.43. The fraction of sp³-hybridized carbons (Fsp3) is 0.250. The van der Waals surface area contributed by atoms with Gasteiger partial charge in [-0.1, -0.05) is 0 Å². The van der Waals surface area contributed by atoms with E-state index in [2.05, 4.69) is 10.2 Å². The molecule has 0 unspecified atom stereocenters. The Morgan fingerprint density at radius 1 is 1.25 bits per heavy atom. The van der Waals surface area contributed by atoms with E-state index in [-0.39, 0.29) is 11.7 Å². The van der Waals surface area contributed by atoms with E-state index in [0.717, 1.165) is 5.76 Å². The largest absolute Gasteiger partial charge is 0.468 e. The molecule has 0 amide bonds. The molecule has 0 spiro atoms. The fourth-order valence-electron chi connectivity index (χ4n) is 2.22. The topological polar surface area (TPSA) is 98.4 Å². The minimum Gasteiger partial charge on any atom is -0.468 e. The van der Waals surface area contributed by atoms with Gasteiger partial charge in [0.1, 0.15) is 5.76 Å². The molecule has 0 aliphatic heterocycles. The van der Waals surface area contributed by atoms with Crippen LogP contribution in [0.5, 0.6) is 0 Å². The molecule has 0 fully saturated rings. The molecule has 0 aliphatic rings. The number of rotatable bonds is 6. The fourth-order valence-corrected chi connectivity index (χ4v) is 2.22. The van der Waals surface area contributed by atoms with Gasteiger partial charge in [-0.25, -0.2) is 0 Å². The first kappa shape index (κ1) is 15.9. The molecule has 8 nitrogen and oxygen atoms in total. The van der Waals surface area contributed by atoms with Crippen LogP contribution >= 0.6 is 0 Å². The Labute approximate surface area is 137 Å². The molecule has 0 saturated heterocycles. The van der Waals surface area contributed by atoms with E-state index in [4.69, 9.17) is 8.83 Å². The van der Waals surface area contributed by atoms with Crippen molar-refractivity contribution in [1.29, 1.82) is 0 Å². The molecule has 0 aliphatic carbocycles. The maximum absolute atomic E-state index is 10.7. The zero-order valence-electron chi connectivity index (χ0n) is 13.2. The summed E-state index contributed by atoms with van der Waals surface area (Å²) >= 11 is 0. The second kappa shape index (κ2) is 6.63. The zero-order chi connectivity index (χ0) is 17.1. The van der Waals surface area contributed by atoms with Gasteiger partial charge in [-0.15, -0.1) is 10.2 Å². The summed E-state index contributed by atoms with van der Waals surface area (Å²) in [6, 6.07) is 9.64. The van der Waals surface area contributed by atoms with Crippen LogP contribution in [0.1, 0.15) is 24.6 Å². The van der Waals surface area contributed by atoms with Crippen LogP contribution in [0.4, 0.5) is 5.69 Å². The highest BCUT2D eigenvalue weighted by molar-refractivity contribution is 5.55. The number of nitro benzene ring substituents is 1. The standard InChI is InChI=1S/C16H16N4O4/c1-11(19(2)10-14-4-3-9-23-14)15-17-18-16(24-15)12-5-7-13(8-6-12)20(21)22/h3-9,11H,10H2,1-2H3/t11-/m1/s1. The molecule has 0 bridgehead atoms. The lowest BCUT2D eigenvalue weighted by molar-refractivity contribution is -0.384. The molecule has 0 radical (unpaired) electrons. The third-order valence-electron chi connectivity index (χ3n) is 3.77. The molecule has 8 heteroatoms. The highest BCUT2D eigenvalue weighted by atomic mass is 16.6. The van der Waals surface area contributed by atoms with E-state index < -0.39 is 4.92 Å². The SMILES string of the molecule is C[C@H](c1nnc(-c2ccc([N+](=O)[O-])cc2)o1)N(C)Cc1ccco1. The lowest BCUT2D eigenvalue weighted by Crippen LogP contribution is -2.21. The average Bonchev–Trinajstić information content (AvgIpc) is 3.26. The van der Waals surface area contributed by atoms with Gasteiger partial charge in [-0.2, -0.15) is 0 Å². The Bertz CT molecular complexity index is 811. The van der Waals surface area contributed by atoms with E-state index in [1.807, 2.05) is 31.0 Å². The summed E-state index contributed by atoms with van der Waals surface area (Å²) in [5.74, 6) is 1.65. The van der Waals surface area contributed by atoms with Crippen LogP contribution in [-0.2, 0) is 6.54 Å². The molecule has 0 N–H and O–H groups in total. The van der Waals surface area contributed by atoms with Gasteiger partial charge in [-0.3, -0.25) is 15.0 Å². The van der Waals surface area contributed by atoms with Crippen LogP contribution < -0.4 is 0 Å². The summed E-state index contributed by atoms with van der Waals surface area (Å²) in [4.78, 5) is 12.3. The van der Waals surface area contributed by atoms with Crippen molar-refractivity contribution in [1.82, 2.24) is 15.1 Å². The van der Waals surface area contributed by atoms with Gasteiger partial charge in [0, 0.05) is 17.7 Å².